The molecule has 0 unspecified atom stereocenters. The van der Waals surface area contributed by atoms with Crippen molar-refractivity contribution in [3.05, 3.63) is 58.1 Å². The number of halogens is 1. The standard InChI is InChI=1S/C19H20ClNO4/c1-4-24-19(23)16-10-14(6-8-17(16)20)21-18(22)11-25-15-7-5-12(2)13(3)9-15/h5-10H,4,11H2,1-3H3,(H,21,22). The van der Waals surface area contributed by atoms with E-state index in [2.05, 4.69) is 5.32 Å². The monoisotopic (exact) mass is 361 g/mol. The second-order valence-corrected chi connectivity index (χ2v) is 5.91. The number of hydrogen-bond acceptors (Lipinski definition) is 4. The molecule has 0 spiro atoms. The summed E-state index contributed by atoms with van der Waals surface area (Å²) in [5.41, 5.74) is 2.90. The van der Waals surface area contributed by atoms with Gasteiger partial charge in [-0.2, -0.15) is 0 Å². The summed E-state index contributed by atoms with van der Waals surface area (Å²) in [6.45, 7) is 5.80. The fourth-order valence-electron chi connectivity index (χ4n) is 2.12. The van der Waals surface area contributed by atoms with E-state index in [9.17, 15) is 9.59 Å². The first-order chi connectivity index (χ1) is 11.9. The van der Waals surface area contributed by atoms with Gasteiger partial charge in [0.15, 0.2) is 6.61 Å². The SMILES string of the molecule is CCOC(=O)c1cc(NC(=O)COc2ccc(C)c(C)c2)ccc1Cl. The fourth-order valence-corrected chi connectivity index (χ4v) is 2.31. The predicted octanol–water partition coefficient (Wildman–Crippen LogP) is 4.15. The molecular weight excluding hydrogens is 342 g/mol. The molecule has 2 aromatic rings. The molecule has 0 aromatic heterocycles. The third-order valence-corrected chi connectivity index (χ3v) is 3.92. The van der Waals surface area contributed by atoms with Gasteiger partial charge in [0, 0.05) is 5.69 Å². The lowest BCUT2D eigenvalue weighted by atomic mass is 10.1. The molecule has 2 rings (SSSR count). The van der Waals surface area contributed by atoms with Gasteiger partial charge in [0.1, 0.15) is 5.75 Å². The molecule has 0 aliphatic heterocycles. The van der Waals surface area contributed by atoms with Gasteiger partial charge in [-0.25, -0.2) is 4.79 Å². The number of carbonyl (C=O) groups excluding carboxylic acids is 2. The predicted molar refractivity (Wildman–Crippen MR) is 97.4 cm³/mol. The Labute approximate surface area is 151 Å². The molecule has 0 aliphatic rings. The Bertz CT molecular complexity index is 789. The molecule has 6 heteroatoms. The van der Waals surface area contributed by atoms with E-state index in [1.807, 2.05) is 32.0 Å². The largest absolute Gasteiger partial charge is 0.484 e. The third kappa shape index (κ3) is 5.22. The van der Waals surface area contributed by atoms with E-state index in [4.69, 9.17) is 21.1 Å². The molecule has 132 valence electrons. The van der Waals surface area contributed by atoms with Gasteiger partial charge in [-0.05, 0) is 62.2 Å². The minimum atomic E-state index is -0.532. The van der Waals surface area contributed by atoms with Crippen LogP contribution in [0.5, 0.6) is 5.75 Å². The van der Waals surface area contributed by atoms with E-state index in [0.29, 0.717) is 11.4 Å². The summed E-state index contributed by atoms with van der Waals surface area (Å²) in [4.78, 5) is 23.9. The molecule has 0 fully saturated rings. The number of carbonyl (C=O) groups is 2. The van der Waals surface area contributed by atoms with Crippen molar-refractivity contribution in [1.29, 1.82) is 0 Å². The Balaban J connectivity index is 1.99. The summed E-state index contributed by atoms with van der Waals surface area (Å²) in [5.74, 6) is -0.244. The first-order valence-electron chi connectivity index (χ1n) is 7.87. The van der Waals surface area contributed by atoms with E-state index in [1.54, 1.807) is 13.0 Å². The number of ether oxygens (including phenoxy) is 2. The Morgan fingerprint density at radius 2 is 1.84 bits per heavy atom. The number of benzene rings is 2. The Kier molecular flexibility index (Phi) is 6.42. The maximum absolute atomic E-state index is 12.0. The minimum Gasteiger partial charge on any atom is -0.484 e. The Morgan fingerprint density at radius 1 is 1.08 bits per heavy atom. The van der Waals surface area contributed by atoms with Crippen LogP contribution in [0.3, 0.4) is 0 Å². The van der Waals surface area contributed by atoms with Crippen molar-refractivity contribution >= 4 is 29.2 Å². The molecule has 0 heterocycles. The van der Waals surface area contributed by atoms with Crippen molar-refractivity contribution in [2.24, 2.45) is 0 Å². The third-order valence-electron chi connectivity index (χ3n) is 3.59. The normalized spacial score (nSPS) is 10.2. The van der Waals surface area contributed by atoms with E-state index in [1.165, 1.54) is 12.1 Å². The molecule has 0 bridgehead atoms. The summed E-state index contributed by atoms with van der Waals surface area (Å²) in [6, 6.07) is 10.3. The van der Waals surface area contributed by atoms with Gasteiger partial charge in [0.05, 0.1) is 17.2 Å². The van der Waals surface area contributed by atoms with Gasteiger partial charge >= 0.3 is 5.97 Å². The number of esters is 1. The van der Waals surface area contributed by atoms with Crippen LogP contribution in [0.4, 0.5) is 5.69 Å². The molecule has 1 amide bonds. The molecule has 1 N–H and O–H groups in total. The lowest BCUT2D eigenvalue weighted by Gasteiger charge is -2.10. The zero-order valence-corrected chi connectivity index (χ0v) is 15.1. The van der Waals surface area contributed by atoms with Crippen LogP contribution in [0.1, 0.15) is 28.4 Å². The number of hydrogen-bond donors (Lipinski definition) is 1. The highest BCUT2D eigenvalue weighted by Crippen LogP contribution is 2.22. The van der Waals surface area contributed by atoms with Crippen molar-refractivity contribution < 1.29 is 19.1 Å². The van der Waals surface area contributed by atoms with Gasteiger partial charge in [0.25, 0.3) is 5.91 Å². The summed E-state index contributed by atoms with van der Waals surface area (Å²) in [7, 11) is 0. The summed E-state index contributed by atoms with van der Waals surface area (Å²) in [6.07, 6.45) is 0. The van der Waals surface area contributed by atoms with Crippen molar-refractivity contribution in [2.45, 2.75) is 20.8 Å². The molecule has 0 aliphatic carbocycles. The number of anilines is 1. The summed E-state index contributed by atoms with van der Waals surface area (Å²) in [5, 5.41) is 2.94. The molecule has 2 aromatic carbocycles. The number of nitrogens with one attached hydrogen (secondary N) is 1. The van der Waals surface area contributed by atoms with Crippen LogP contribution in [0.15, 0.2) is 36.4 Å². The Morgan fingerprint density at radius 3 is 2.52 bits per heavy atom. The van der Waals surface area contributed by atoms with Gasteiger partial charge in [0.2, 0.25) is 0 Å². The number of amides is 1. The van der Waals surface area contributed by atoms with Crippen molar-refractivity contribution in [3.8, 4) is 5.75 Å². The second kappa shape index (κ2) is 8.53. The van der Waals surface area contributed by atoms with Crippen LogP contribution in [-0.2, 0) is 9.53 Å². The lowest BCUT2D eigenvalue weighted by Crippen LogP contribution is -2.20. The quantitative estimate of drug-likeness (QED) is 0.785. The molecule has 0 saturated heterocycles. The van der Waals surface area contributed by atoms with E-state index in [0.717, 1.165) is 11.1 Å². The highest BCUT2D eigenvalue weighted by Gasteiger charge is 2.13. The average Bonchev–Trinajstić information content (AvgIpc) is 2.58. The topological polar surface area (TPSA) is 64.6 Å². The van der Waals surface area contributed by atoms with E-state index >= 15 is 0 Å². The summed E-state index contributed by atoms with van der Waals surface area (Å²) < 4.78 is 10.4. The maximum Gasteiger partial charge on any atom is 0.339 e. The molecule has 5 nitrogen and oxygen atoms in total. The zero-order chi connectivity index (χ0) is 18.4. The van der Waals surface area contributed by atoms with Crippen LogP contribution in [0, 0.1) is 13.8 Å². The van der Waals surface area contributed by atoms with E-state index in [-0.39, 0.29) is 29.7 Å². The van der Waals surface area contributed by atoms with Crippen molar-refractivity contribution in [1.82, 2.24) is 0 Å². The maximum atomic E-state index is 12.0. The van der Waals surface area contributed by atoms with Crippen LogP contribution in [0.2, 0.25) is 5.02 Å². The van der Waals surface area contributed by atoms with Gasteiger partial charge in [-0.3, -0.25) is 4.79 Å². The van der Waals surface area contributed by atoms with Crippen molar-refractivity contribution in [2.75, 3.05) is 18.5 Å². The Hall–Kier alpha value is -2.53. The lowest BCUT2D eigenvalue weighted by molar-refractivity contribution is -0.118. The van der Waals surface area contributed by atoms with Crippen LogP contribution in [-0.4, -0.2) is 25.1 Å². The zero-order valence-electron chi connectivity index (χ0n) is 14.4. The van der Waals surface area contributed by atoms with Crippen LogP contribution >= 0.6 is 11.6 Å². The molecule has 0 saturated carbocycles. The van der Waals surface area contributed by atoms with Crippen LogP contribution < -0.4 is 10.1 Å². The first-order valence-corrected chi connectivity index (χ1v) is 8.25. The second-order valence-electron chi connectivity index (χ2n) is 5.50. The number of rotatable bonds is 6. The highest BCUT2D eigenvalue weighted by molar-refractivity contribution is 6.33. The van der Waals surface area contributed by atoms with E-state index < -0.39 is 5.97 Å². The smallest absolute Gasteiger partial charge is 0.339 e. The summed E-state index contributed by atoms with van der Waals surface area (Å²) >= 11 is 5.99. The fraction of sp³-hybridized carbons (Fsp3) is 0.263. The number of aryl methyl sites for hydroxylation is 2. The first kappa shape index (κ1) is 18.8. The van der Waals surface area contributed by atoms with Crippen LogP contribution in [0.25, 0.3) is 0 Å². The van der Waals surface area contributed by atoms with Gasteiger partial charge in [-0.15, -0.1) is 0 Å². The average molecular weight is 362 g/mol. The molecule has 0 radical (unpaired) electrons. The van der Waals surface area contributed by atoms with Gasteiger partial charge < -0.3 is 14.8 Å². The molecule has 25 heavy (non-hydrogen) atoms. The van der Waals surface area contributed by atoms with Gasteiger partial charge in [-0.1, -0.05) is 17.7 Å². The molecular formula is C19H20ClNO4. The minimum absolute atomic E-state index is 0.139. The van der Waals surface area contributed by atoms with Crippen molar-refractivity contribution in [3.63, 3.8) is 0 Å². The molecule has 0 atom stereocenters. The highest BCUT2D eigenvalue weighted by atomic mass is 35.5.